The first-order chi connectivity index (χ1) is 6.70. The van der Waals surface area contributed by atoms with Crippen molar-refractivity contribution in [2.75, 3.05) is 6.61 Å². The van der Waals surface area contributed by atoms with Gasteiger partial charge >= 0.3 is 0 Å². The van der Waals surface area contributed by atoms with Gasteiger partial charge in [-0.05, 0) is 18.6 Å². The van der Waals surface area contributed by atoms with Gasteiger partial charge in [-0.3, -0.25) is 9.78 Å². The first kappa shape index (κ1) is 13.9. The Morgan fingerprint density at radius 3 is 2.80 bits per heavy atom. The number of carbonyl (C=O) groups is 1. The molecule has 15 heavy (non-hydrogen) atoms. The molecule has 84 valence electrons. The highest BCUT2D eigenvalue weighted by atomic mass is 35.5. The highest BCUT2D eigenvalue weighted by Crippen LogP contribution is 2.19. The third-order valence-corrected chi connectivity index (χ3v) is 2.20. The van der Waals surface area contributed by atoms with Crippen molar-refractivity contribution >= 4 is 18.3 Å². The third-order valence-electron chi connectivity index (χ3n) is 2.20. The number of rotatable bonds is 4. The Kier molecular flexibility index (Phi) is 5.89. The van der Waals surface area contributed by atoms with Crippen molar-refractivity contribution in [2.45, 2.75) is 19.3 Å². The molecule has 1 rings (SSSR count). The highest BCUT2D eigenvalue weighted by Gasteiger charge is 2.16. The van der Waals surface area contributed by atoms with Gasteiger partial charge in [0.05, 0.1) is 17.9 Å². The molecule has 3 N–H and O–H groups in total. The molecule has 0 aliphatic carbocycles. The second-order valence-electron chi connectivity index (χ2n) is 3.09. The van der Waals surface area contributed by atoms with Crippen LogP contribution >= 0.6 is 12.4 Å². The summed E-state index contributed by atoms with van der Waals surface area (Å²) in [5.41, 5.74) is 6.19. The van der Waals surface area contributed by atoms with E-state index in [1.54, 1.807) is 18.3 Å². The monoisotopic (exact) mass is 230 g/mol. The second kappa shape index (κ2) is 6.37. The molecule has 0 bridgehead atoms. The summed E-state index contributed by atoms with van der Waals surface area (Å²) < 4.78 is 0. The standard InChI is InChI=1S/C10H14N2O2.ClH/c1-2-7(6-13)9-8(10(11)14)4-3-5-12-9;/h3-5,7,13H,2,6H2,1H3,(H2,11,14);1H. The van der Waals surface area contributed by atoms with Gasteiger partial charge in [0.15, 0.2) is 0 Å². The lowest BCUT2D eigenvalue weighted by Crippen LogP contribution is -2.17. The molecular weight excluding hydrogens is 216 g/mol. The zero-order valence-corrected chi connectivity index (χ0v) is 9.33. The summed E-state index contributed by atoms with van der Waals surface area (Å²) in [4.78, 5) is 15.1. The van der Waals surface area contributed by atoms with Crippen LogP contribution in [0, 0.1) is 0 Å². The predicted molar refractivity (Wildman–Crippen MR) is 60.1 cm³/mol. The fourth-order valence-electron chi connectivity index (χ4n) is 1.36. The van der Waals surface area contributed by atoms with Gasteiger partial charge < -0.3 is 10.8 Å². The van der Waals surface area contributed by atoms with E-state index in [-0.39, 0.29) is 24.9 Å². The molecule has 5 heteroatoms. The number of aliphatic hydroxyl groups is 1. The van der Waals surface area contributed by atoms with E-state index in [1.165, 1.54) is 0 Å². The summed E-state index contributed by atoms with van der Waals surface area (Å²) in [7, 11) is 0. The SMILES string of the molecule is CCC(CO)c1ncccc1C(N)=O.Cl. The Labute approximate surface area is 94.9 Å². The first-order valence-electron chi connectivity index (χ1n) is 4.56. The second-order valence-corrected chi connectivity index (χ2v) is 3.09. The maximum Gasteiger partial charge on any atom is 0.250 e. The van der Waals surface area contributed by atoms with E-state index in [1.807, 2.05) is 6.92 Å². The van der Waals surface area contributed by atoms with Gasteiger partial charge in [0.1, 0.15) is 0 Å². The molecule has 1 heterocycles. The fraction of sp³-hybridized carbons (Fsp3) is 0.400. The summed E-state index contributed by atoms with van der Waals surface area (Å²) in [5.74, 6) is -0.612. The maximum absolute atomic E-state index is 11.1. The molecule has 0 saturated heterocycles. The van der Waals surface area contributed by atoms with Crippen molar-refractivity contribution in [3.8, 4) is 0 Å². The molecule has 1 aromatic rings. The molecule has 0 aliphatic rings. The Bertz CT molecular complexity index is 327. The number of primary amides is 1. The van der Waals surface area contributed by atoms with E-state index in [2.05, 4.69) is 4.98 Å². The summed E-state index contributed by atoms with van der Waals surface area (Å²) in [5, 5.41) is 9.09. The fourth-order valence-corrected chi connectivity index (χ4v) is 1.36. The lowest BCUT2D eigenvalue weighted by molar-refractivity contribution is 0.0998. The van der Waals surface area contributed by atoms with Crippen LogP contribution in [0.25, 0.3) is 0 Å². The van der Waals surface area contributed by atoms with E-state index in [9.17, 15) is 4.79 Å². The lowest BCUT2D eigenvalue weighted by atomic mass is 9.98. The van der Waals surface area contributed by atoms with Gasteiger partial charge in [-0.1, -0.05) is 6.92 Å². The minimum Gasteiger partial charge on any atom is -0.396 e. The largest absolute Gasteiger partial charge is 0.396 e. The Morgan fingerprint density at radius 1 is 1.67 bits per heavy atom. The van der Waals surface area contributed by atoms with Crippen molar-refractivity contribution in [1.82, 2.24) is 4.98 Å². The van der Waals surface area contributed by atoms with Crippen LogP contribution in [0.2, 0.25) is 0 Å². The van der Waals surface area contributed by atoms with E-state index < -0.39 is 5.91 Å². The number of hydrogen-bond acceptors (Lipinski definition) is 3. The molecule has 0 fully saturated rings. The van der Waals surface area contributed by atoms with Gasteiger partial charge in [-0.25, -0.2) is 0 Å². The maximum atomic E-state index is 11.1. The first-order valence-corrected chi connectivity index (χ1v) is 4.56. The number of nitrogens with zero attached hydrogens (tertiary/aromatic N) is 1. The quantitative estimate of drug-likeness (QED) is 0.813. The molecule has 0 saturated carbocycles. The summed E-state index contributed by atoms with van der Waals surface area (Å²) >= 11 is 0. The minimum atomic E-state index is -0.500. The molecular formula is C10H15ClN2O2. The van der Waals surface area contributed by atoms with Gasteiger partial charge in [0, 0.05) is 12.1 Å². The molecule has 1 amide bonds. The van der Waals surface area contributed by atoms with Crippen molar-refractivity contribution in [1.29, 1.82) is 0 Å². The summed E-state index contributed by atoms with van der Waals surface area (Å²) in [6.07, 6.45) is 2.33. The number of aliphatic hydroxyl groups excluding tert-OH is 1. The number of pyridine rings is 1. The molecule has 1 aromatic heterocycles. The third kappa shape index (κ3) is 3.18. The highest BCUT2D eigenvalue weighted by molar-refractivity contribution is 5.94. The molecule has 0 spiro atoms. The van der Waals surface area contributed by atoms with E-state index in [0.717, 1.165) is 6.42 Å². The number of amides is 1. The van der Waals surface area contributed by atoms with E-state index in [0.29, 0.717) is 11.3 Å². The van der Waals surface area contributed by atoms with Gasteiger partial charge in [0.25, 0.3) is 5.91 Å². The van der Waals surface area contributed by atoms with Gasteiger partial charge in [-0.2, -0.15) is 0 Å². The molecule has 4 nitrogen and oxygen atoms in total. The normalized spacial score (nSPS) is 11.6. The van der Waals surface area contributed by atoms with Crippen LogP contribution in [-0.2, 0) is 0 Å². The topological polar surface area (TPSA) is 76.2 Å². The number of hydrogen-bond donors (Lipinski definition) is 2. The van der Waals surface area contributed by atoms with Crippen LogP contribution in [0.4, 0.5) is 0 Å². The van der Waals surface area contributed by atoms with Crippen LogP contribution in [0.1, 0.15) is 35.3 Å². The van der Waals surface area contributed by atoms with E-state index >= 15 is 0 Å². The van der Waals surface area contributed by atoms with Crippen LogP contribution < -0.4 is 5.73 Å². The van der Waals surface area contributed by atoms with Crippen molar-refractivity contribution in [2.24, 2.45) is 5.73 Å². The average Bonchev–Trinajstić information content (AvgIpc) is 2.20. The molecule has 1 atom stereocenters. The minimum absolute atomic E-state index is 0. The predicted octanol–water partition coefficient (Wildman–Crippen LogP) is 1.09. The van der Waals surface area contributed by atoms with Gasteiger partial charge in [0.2, 0.25) is 0 Å². The lowest BCUT2D eigenvalue weighted by Gasteiger charge is -2.13. The molecule has 0 aromatic carbocycles. The number of halogens is 1. The molecule has 1 unspecified atom stereocenters. The van der Waals surface area contributed by atoms with Crippen LogP contribution in [0.3, 0.4) is 0 Å². The van der Waals surface area contributed by atoms with Crippen LogP contribution in [0.5, 0.6) is 0 Å². The van der Waals surface area contributed by atoms with Crippen molar-refractivity contribution in [3.05, 3.63) is 29.6 Å². The Morgan fingerprint density at radius 2 is 2.33 bits per heavy atom. The molecule has 0 aliphatic heterocycles. The van der Waals surface area contributed by atoms with E-state index in [4.69, 9.17) is 10.8 Å². The van der Waals surface area contributed by atoms with Crippen molar-refractivity contribution in [3.63, 3.8) is 0 Å². The smallest absolute Gasteiger partial charge is 0.250 e. The van der Waals surface area contributed by atoms with Gasteiger partial charge in [-0.15, -0.1) is 12.4 Å². The number of nitrogens with two attached hydrogens (primary N) is 1. The van der Waals surface area contributed by atoms with Crippen LogP contribution in [0.15, 0.2) is 18.3 Å². The number of carbonyl (C=O) groups excluding carboxylic acids is 1. The summed E-state index contributed by atoms with van der Waals surface area (Å²) in [6.45, 7) is 1.91. The average molecular weight is 231 g/mol. The van der Waals surface area contributed by atoms with Crippen LogP contribution in [-0.4, -0.2) is 22.6 Å². The Hall–Kier alpha value is -1.13. The van der Waals surface area contributed by atoms with Crippen molar-refractivity contribution < 1.29 is 9.90 Å². The number of aromatic nitrogens is 1. The molecule has 0 radical (unpaired) electrons. The Balaban J connectivity index is 0.00000196. The summed E-state index contributed by atoms with van der Waals surface area (Å²) in [6, 6.07) is 3.29. The zero-order valence-electron chi connectivity index (χ0n) is 8.51. The zero-order chi connectivity index (χ0) is 10.6.